The molecule has 1 aliphatic carbocycles. The van der Waals surface area contributed by atoms with Gasteiger partial charge in [-0.3, -0.25) is 0 Å². The summed E-state index contributed by atoms with van der Waals surface area (Å²) < 4.78 is 0. The van der Waals surface area contributed by atoms with E-state index in [4.69, 9.17) is 0 Å². The highest BCUT2D eigenvalue weighted by Crippen LogP contribution is 2.28. The van der Waals surface area contributed by atoms with Crippen molar-refractivity contribution in [3.05, 3.63) is 0 Å². The van der Waals surface area contributed by atoms with Crippen LogP contribution in [0, 0.1) is 17.8 Å². The second-order valence-corrected chi connectivity index (χ2v) is 6.90. The van der Waals surface area contributed by atoms with Crippen molar-refractivity contribution in [2.75, 3.05) is 26.2 Å². The number of likely N-dealkylation sites (tertiary alicyclic amines) is 1. The fourth-order valence-corrected chi connectivity index (χ4v) is 3.05. The molecule has 18 heavy (non-hydrogen) atoms. The van der Waals surface area contributed by atoms with Crippen LogP contribution >= 0.6 is 0 Å². The van der Waals surface area contributed by atoms with Gasteiger partial charge >= 0.3 is 0 Å². The summed E-state index contributed by atoms with van der Waals surface area (Å²) in [4.78, 5) is 2.54. The summed E-state index contributed by atoms with van der Waals surface area (Å²) in [5.74, 6) is 2.09. The van der Waals surface area contributed by atoms with E-state index in [9.17, 15) is 5.11 Å². The molecule has 2 rings (SSSR count). The average Bonchev–Trinajstić information content (AvgIpc) is 3.08. The molecule has 0 aromatic heterocycles. The van der Waals surface area contributed by atoms with Gasteiger partial charge in [0.1, 0.15) is 0 Å². The van der Waals surface area contributed by atoms with Gasteiger partial charge in [0.25, 0.3) is 0 Å². The first kappa shape index (κ1) is 14.3. The lowest BCUT2D eigenvalue weighted by Gasteiger charge is -2.40. The molecule has 3 unspecified atom stereocenters. The molecule has 1 heterocycles. The summed E-state index contributed by atoms with van der Waals surface area (Å²) in [5.41, 5.74) is 0. The summed E-state index contributed by atoms with van der Waals surface area (Å²) in [5, 5.41) is 13.6. The minimum atomic E-state index is -0.176. The Bertz CT molecular complexity index is 251. The third kappa shape index (κ3) is 4.52. The molecule has 0 aromatic rings. The first-order valence-corrected chi connectivity index (χ1v) is 7.68. The molecule has 0 radical (unpaired) electrons. The zero-order valence-corrected chi connectivity index (χ0v) is 12.2. The largest absolute Gasteiger partial charge is 0.393 e. The zero-order chi connectivity index (χ0) is 13.1. The second-order valence-electron chi connectivity index (χ2n) is 6.90. The van der Waals surface area contributed by atoms with Crippen molar-refractivity contribution in [3.8, 4) is 0 Å². The van der Waals surface area contributed by atoms with E-state index in [0.717, 1.165) is 32.0 Å². The highest BCUT2D eigenvalue weighted by Gasteiger charge is 2.31. The van der Waals surface area contributed by atoms with E-state index in [2.05, 4.69) is 24.1 Å². The third-order valence-electron chi connectivity index (χ3n) is 4.26. The van der Waals surface area contributed by atoms with E-state index >= 15 is 0 Å². The number of hydrogen-bond acceptors (Lipinski definition) is 3. The van der Waals surface area contributed by atoms with Gasteiger partial charge in [-0.1, -0.05) is 13.8 Å². The van der Waals surface area contributed by atoms with Crippen LogP contribution < -0.4 is 5.32 Å². The molecule has 3 nitrogen and oxygen atoms in total. The van der Waals surface area contributed by atoms with Crippen LogP contribution in [0.1, 0.15) is 40.0 Å². The maximum atomic E-state index is 9.88. The molecule has 2 fully saturated rings. The molecule has 2 N–H and O–H groups in total. The van der Waals surface area contributed by atoms with Gasteiger partial charge in [-0.2, -0.15) is 0 Å². The van der Waals surface area contributed by atoms with Crippen molar-refractivity contribution in [1.29, 1.82) is 0 Å². The van der Waals surface area contributed by atoms with Crippen LogP contribution in [0.3, 0.4) is 0 Å². The molecule has 0 spiro atoms. The molecule has 0 amide bonds. The third-order valence-corrected chi connectivity index (χ3v) is 4.26. The fourth-order valence-electron chi connectivity index (χ4n) is 3.05. The van der Waals surface area contributed by atoms with Gasteiger partial charge in [0.15, 0.2) is 0 Å². The monoisotopic (exact) mass is 254 g/mol. The Hall–Kier alpha value is -0.120. The Morgan fingerprint density at radius 3 is 2.50 bits per heavy atom. The molecule has 0 bridgehead atoms. The summed E-state index contributed by atoms with van der Waals surface area (Å²) in [7, 11) is 0. The van der Waals surface area contributed by atoms with Gasteiger partial charge in [0, 0.05) is 25.7 Å². The Balaban J connectivity index is 1.83. The Morgan fingerprint density at radius 2 is 1.94 bits per heavy atom. The van der Waals surface area contributed by atoms with Crippen molar-refractivity contribution in [2.45, 2.75) is 52.2 Å². The maximum Gasteiger partial charge on any atom is 0.0553 e. The highest BCUT2D eigenvalue weighted by atomic mass is 16.3. The first-order chi connectivity index (χ1) is 8.54. The van der Waals surface area contributed by atoms with Crippen LogP contribution in [-0.4, -0.2) is 48.3 Å². The normalized spacial score (nSPS) is 31.8. The van der Waals surface area contributed by atoms with Crippen LogP contribution in [0.5, 0.6) is 0 Å². The number of hydrogen-bond donors (Lipinski definition) is 2. The Kier molecular flexibility index (Phi) is 5.05. The zero-order valence-electron chi connectivity index (χ0n) is 12.2. The van der Waals surface area contributed by atoms with Gasteiger partial charge in [-0.05, 0) is 50.5 Å². The van der Waals surface area contributed by atoms with E-state index in [0.29, 0.717) is 17.9 Å². The summed E-state index contributed by atoms with van der Waals surface area (Å²) in [6.07, 6.45) is 3.79. The van der Waals surface area contributed by atoms with Crippen molar-refractivity contribution in [1.82, 2.24) is 10.2 Å². The topological polar surface area (TPSA) is 35.5 Å². The van der Waals surface area contributed by atoms with Gasteiger partial charge in [0.05, 0.1) is 6.10 Å². The van der Waals surface area contributed by atoms with Crippen LogP contribution in [-0.2, 0) is 0 Å². The predicted octanol–water partition coefficient (Wildman–Crippen LogP) is 1.71. The minimum Gasteiger partial charge on any atom is -0.393 e. The Morgan fingerprint density at radius 1 is 1.22 bits per heavy atom. The van der Waals surface area contributed by atoms with E-state index in [1.807, 2.05) is 6.92 Å². The van der Waals surface area contributed by atoms with E-state index in [1.165, 1.54) is 19.4 Å². The van der Waals surface area contributed by atoms with Gasteiger partial charge in [-0.15, -0.1) is 0 Å². The molecular weight excluding hydrogens is 224 g/mol. The molecule has 0 aromatic carbocycles. The lowest BCUT2D eigenvalue weighted by Crippen LogP contribution is -2.52. The molecule has 106 valence electrons. The molecule has 1 saturated carbocycles. The number of piperidine rings is 1. The number of rotatable bonds is 6. The van der Waals surface area contributed by atoms with Crippen molar-refractivity contribution in [3.63, 3.8) is 0 Å². The number of nitrogens with one attached hydrogen (secondary N) is 1. The predicted molar refractivity (Wildman–Crippen MR) is 75.6 cm³/mol. The van der Waals surface area contributed by atoms with E-state index in [-0.39, 0.29) is 6.10 Å². The standard InChI is InChI=1S/C15H30N2O/c1-11(2)8-17-9-14(12(3)18)6-15(10-17)16-7-13-4-5-13/h11-16,18H,4-10H2,1-3H3. The van der Waals surface area contributed by atoms with Crippen molar-refractivity contribution in [2.24, 2.45) is 17.8 Å². The molecule has 2 aliphatic rings. The van der Waals surface area contributed by atoms with Crippen LogP contribution in [0.15, 0.2) is 0 Å². The summed E-state index contributed by atoms with van der Waals surface area (Å²) >= 11 is 0. The molecule has 3 heteroatoms. The molecular formula is C15H30N2O. The van der Waals surface area contributed by atoms with Crippen molar-refractivity contribution >= 4 is 0 Å². The van der Waals surface area contributed by atoms with E-state index in [1.54, 1.807) is 0 Å². The number of aliphatic hydroxyl groups excluding tert-OH is 1. The molecule has 1 saturated heterocycles. The van der Waals surface area contributed by atoms with Crippen LogP contribution in [0.2, 0.25) is 0 Å². The SMILES string of the molecule is CC(C)CN1CC(NCC2CC2)CC(C(C)O)C1. The first-order valence-electron chi connectivity index (χ1n) is 7.68. The van der Waals surface area contributed by atoms with Gasteiger partial charge in [0.2, 0.25) is 0 Å². The quantitative estimate of drug-likeness (QED) is 0.757. The highest BCUT2D eigenvalue weighted by molar-refractivity contribution is 4.87. The van der Waals surface area contributed by atoms with Gasteiger partial charge in [-0.25, -0.2) is 0 Å². The smallest absolute Gasteiger partial charge is 0.0553 e. The van der Waals surface area contributed by atoms with Gasteiger partial charge < -0.3 is 15.3 Å². The lowest BCUT2D eigenvalue weighted by atomic mass is 9.89. The Labute approximate surface area is 112 Å². The van der Waals surface area contributed by atoms with Crippen LogP contribution in [0.25, 0.3) is 0 Å². The molecule has 1 aliphatic heterocycles. The lowest BCUT2D eigenvalue weighted by molar-refractivity contribution is 0.0434. The molecule has 3 atom stereocenters. The van der Waals surface area contributed by atoms with E-state index < -0.39 is 0 Å². The summed E-state index contributed by atoms with van der Waals surface area (Å²) in [6.45, 7) is 11.1. The fraction of sp³-hybridized carbons (Fsp3) is 1.00. The second kappa shape index (κ2) is 6.36. The van der Waals surface area contributed by atoms with Crippen LogP contribution in [0.4, 0.5) is 0 Å². The summed E-state index contributed by atoms with van der Waals surface area (Å²) in [6, 6.07) is 0.581. The number of aliphatic hydroxyl groups is 1. The van der Waals surface area contributed by atoms with Crippen molar-refractivity contribution < 1.29 is 5.11 Å². The maximum absolute atomic E-state index is 9.88. The number of nitrogens with zero attached hydrogens (tertiary/aromatic N) is 1. The average molecular weight is 254 g/mol. The minimum absolute atomic E-state index is 0.176.